The minimum Gasteiger partial charge on any atom is -0.289 e. The third-order valence-corrected chi connectivity index (χ3v) is 4.48. The van der Waals surface area contributed by atoms with Gasteiger partial charge in [0.2, 0.25) is 0 Å². The van der Waals surface area contributed by atoms with Gasteiger partial charge in [-0.3, -0.25) is 4.79 Å². The summed E-state index contributed by atoms with van der Waals surface area (Å²) >= 11 is 9.30. The smallest absolute Gasteiger partial charge is 0.193 e. The quantitative estimate of drug-likeness (QED) is 0.683. The van der Waals surface area contributed by atoms with Crippen LogP contribution in [0.3, 0.4) is 0 Å². The highest BCUT2D eigenvalue weighted by atomic mass is 79.9. The van der Waals surface area contributed by atoms with Crippen LogP contribution in [0.4, 0.5) is 0 Å². The predicted molar refractivity (Wildman–Crippen MR) is 83.2 cm³/mol. The second-order valence-electron chi connectivity index (χ2n) is 4.71. The third-order valence-electron chi connectivity index (χ3n) is 3.27. The van der Waals surface area contributed by atoms with Crippen LogP contribution in [0.5, 0.6) is 0 Å². The fourth-order valence-corrected chi connectivity index (χ4v) is 2.49. The topological polar surface area (TPSA) is 17.1 Å². The Morgan fingerprint density at radius 2 is 1.63 bits per heavy atom. The fraction of sp³-hybridized carbons (Fsp3) is 0.188. The molecule has 0 atom stereocenters. The molecule has 0 N–H and O–H groups in total. The van der Waals surface area contributed by atoms with Crippen molar-refractivity contribution in [3.8, 4) is 0 Å². The first kappa shape index (κ1) is 14.3. The molecular weight excluding hydrogens is 324 g/mol. The molecule has 0 radical (unpaired) electrons. The van der Waals surface area contributed by atoms with E-state index in [0.29, 0.717) is 10.6 Å². The number of rotatable bonds is 2. The molecule has 0 amide bonds. The number of benzene rings is 2. The van der Waals surface area contributed by atoms with Gasteiger partial charge < -0.3 is 0 Å². The zero-order chi connectivity index (χ0) is 14.2. The summed E-state index contributed by atoms with van der Waals surface area (Å²) in [5, 5.41) is 0.605. The molecule has 0 saturated carbocycles. The Morgan fingerprint density at radius 3 is 2.26 bits per heavy atom. The van der Waals surface area contributed by atoms with E-state index in [-0.39, 0.29) is 5.78 Å². The maximum absolute atomic E-state index is 12.5. The summed E-state index contributed by atoms with van der Waals surface area (Å²) in [5.74, 6) is 0.0259. The lowest BCUT2D eigenvalue weighted by molar-refractivity contribution is 0.103. The summed E-state index contributed by atoms with van der Waals surface area (Å²) in [6, 6.07) is 9.25. The lowest BCUT2D eigenvalue weighted by Gasteiger charge is -2.09. The molecule has 0 fully saturated rings. The maximum Gasteiger partial charge on any atom is 0.193 e. The van der Waals surface area contributed by atoms with Gasteiger partial charge in [-0.15, -0.1) is 0 Å². The average molecular weight is 338 g/mol. The highest BCUT2D eigenvalue weighted by Crippen LogP contribution is 2.25. The lowest BCUT2D eigenvalue weighted by Crippen LogP contribution is -2.05. The molecule has 0 spiro atoms. The highest BCUT2D eigenvalue weighted by molar-refractivity contribution is 9.10. The number of carbonyl (C=O) groups excluding carboxylic acids is 1. The SMILES string of the molecule is Cc1cc(C)c(C(=O)c2ccc(Cl)c(Br)c2)cc1C. The third kappa shape index (κ3) is 2.90. The lowest BCUT2D eigenvalue weighted by atomic mass is 9.95. The Kier molecular flexibility index (Phi) is 4.12. The Morgan fingerprint density at radius 1 is 1.00 bits per heavy atom. The van der Waals surface area contributed by atoms with Crippen molar-refractivity contribution in [1.82, 2.24) is 0 Å². The van der Waals surface area contributed by atoms with E-state index in [2.05, 4.69) is 22.9 Å². The largest absolute Gasteiger partial charge is 0.289 e. The van der Waals surface area contributed by atoms with Gasteiger partial charge >= 0.3 is 0 Å². The summed E-state index contributed by atoms with van der Waals surface area (Å²) in [5.41, 5.74) is 4.72. The molecule has 2 aromatic rings. The van der Waals surface area contributed by atoms with Gasteiger partial charge in [0.1, 0.15) is 0 Å². The van der Waals surface area contributed by atoms with E-state index in [1.807, 2.05) is 26.0 Å². The van der Waals surface area contributed by atoms with Crippen LogP contribution in [-0.4, -0.2) is 5.78 Å². The van der Waals surface area contributed by atoms with Crippen LogP contribution >= 0.6 is 27.5 Å². The van der Waals surface area contributed by atoms with Gasteiger partial charge in [0.25, 0.3) is 0 Å². The van der Waals surface area contributed by atoms with Crippen molar-refractivity contribution in [2.75, 3.05) is 0 Å². The first-order chi connectivity index (χ1) is 8.90. The minimum absolute atomic E-state index is 0.0259. The number of aryl methyl sites for hydroxylation is 3. The van der Waals surface area contributed by atoms with Crippen LogP contribution in [0.15, 0.2) is 34.8 Å². The fourth-order valence-electron chi connectivity index (χ4n) is 2.00. The Labute approximate surface area is 126 Å². The molecule has 0 aliphatic heterocycles. The number of hydrogen-bond acceptors (Lipinski definition) is 1. The van der Waals surface area contributed by atoms with Crippen molar-refractivity contribution in [3.05, 3.63) is 67.6 Å². The molecule has 19 heavy (non-hydrogen) atoms. The van der Waals surface area contributed by atoms with Crippen molar-refractivity contribution in [1.29, 1.82) is 0 Å². The van der Waals surface area contributed by atoms with Gasteiger partial charge in [-0.2, -0.15) is 0 Å². The van der Waals surface area contributed by atoms with Crippen molar-refractivity contribution in [3.63, 3.8) is 0 Å². The minimum atomic E-state index is 0.0259. The summed E-state index contributed by atoms with van der Waals surface area (Å²) in [7, 11) is 0. The second-order valence-corrected chi connectivity index (χ2v) is 5.97. The maximum atomic E-state index is 12.5. The van der Waals surface area contributed by atoms with Gasteiger partial charge in [-0.25, -0.2) is 0 Å². The number of halogens is 2. The van der Waals surface area contributed by atoms with Crippen LogP contribution < -0.4 is 0 Å². The summed E-state index contributed by atoms with van der Waals surface area (Å²) in [6.45, 7) is 6.03. The Balaban J connectivity index is 2.49. The first-order valence-electron chi connectivity index (χ1n) is 5.97. The average Bonchev–Trinajstić information content (AvgIpc) is 2.36. The normalized spacial score (nSPS) is 10.6. The number of hydrogen-bond donors (Lipinski definition) is 0. The Hall–Kier alpha value is -1.12. The molecule has 0 saturated heterocycles. The van der Waals surface area contributed by atoms with Crippen molar-refractivity contribution in [2.24, 2.45) is 0 Å². The highest BCUT2D eigenvalue weighted by Gasteiger charge is 2.14. The van der Waals surface area contributed by atoms with Crippen molar-refractivity contribution < 1.29 is 4.79 Å². The number of carbonyl (C=O) groups is 1. The van der Waals surface area contributed by atoms with Crippen molar-refractivity contribution in [2.45, 2.75) is 20.8 Å². The molecule has 0 heterocycles. The van der Waals surface area contributed by atoms with Gasteiger partial charge in [0, 0.05) is 15.6 Å². The molecule has 0 aromatic heterocycles. The zero-order valence-electron chi connectivity index (χ0n) is 11.1. The zero-order valence-corrected chi connectivity index (χ0v) is 13.4. The van der Waals surface area contributed by atoms with Gasteiger partial charge in [0.05, 0.1) is 5.02 Å². The van der Waals surface area contributed by atoms with E-state index in [1.165, 1.54) is 5.56 Å². The predicted octanol–water partition coefficient (Wildman–Crippen LogP) is 5.26. The van der Waals surface area contributed by atoms with Crippen LogP contribution in [0.2, 0.25) is 5.02 Å². The van der Waals surface area contributed by atoms with E-state index in [0.717, 1.165) is 21.2 Å². The summed E-state index contributed by atoms with van der Waals surface area (Å²) < 4.78 is 0.738. The number of ketones is 1. The molecule has 2 aromatic carbocycles. The molecule has 0 aliphatic carbocycles. The molecule has 0 bridgehead atoms. The van der Waals surface area contributed by atoms with E-state index in [1.54, 1.807) is 18.2 Å². The van der Waals surface area contributed by atoms with Gasteiger partial charge in [0.15, 0.2) is 5.78 Å². The molecule has 2 rings (SSSR count). The molecule has 0 unspecified atom stereocenters. The van der Waals surface area contributed by atoms with Crippen LogP contribution in [0, 0.1) is 20.8 Å². The molecule has 98 valence electrons. The molecular formula is C16H14BrClO. The molecule has 3 heteroatoms. The van der Waals surface area contributed by atoms with E-state index in [4.69, 9.17) is 11.6 Å². The van der Waals surface area contributed by atoms with Crippen LogP contribution in [0.25, 0.3) is 0 Å². The summed E-state index contributed by atoms with van der Waals surface area (Å²) in [6.07, 6.45) is 0. The van der Waals surface area contributed by atoms with E-state index < -0.39 is 0 Å². The molecule has 0 aliphatic rings. The standard InChI is InChI=1S/C16H14BrClO/c1-9-6-11(3)13(7-10(9)2)16(19)12-4-5-15(18)14(17)8-12/h4-8H,1-3H3. The first-order valence-corrected chi connectivity index (χ1v) is 7.15. The monoisotopic (exact) mass is 336 g/mol. The Bertz CT molecular complexity index is 662. The van der Waals surface area contributed by atoms with E-state index in [9.17, 15) is 4.79 Å². The van der Waals surface area contributed by atoms with Crippen molar-refractivity contribution >= 4 is 33.3 Å². The molecule has 1 nitrogen and oxygen atoms in total. The van der Waals surface area contributed by atoms with E-state index >= 15 is 0 Å². The summed E-state index contributed by atoms with van der Waals surface area (Å²) in [4.78, 5) is 12.5. The van der Waals surface area contributed by atoms with Gasteiger partial charge in [-0.1, -0.05) is 17.7 Å². The van der Waals surface area contributed by atoms with Gasteiger partial charge in [-0.05, 0) is 77.7 Å². The van der Waals surface area contributed by atoms with Crippen LogP contribution in [-0.2, 0) is 0 Å². The van der Waals surface area contributed by atoms with Crippen LogP contribution in [0.1, 0.15) is 32.6 Å². The second kappa shape index (κ2) is 5.48.